The molecule has 0 heterocycles. The minimum Gasteiger partial charge on any atom is -0.462 e. The van der Waals surface area contributed by atoms with Gasteiger partial charge in [0, 0.05) is 6.42 Å². The lowest BCUT2D eigenvalue weighted by atomic mass is 10.0. The Morgan fingerprint density at radius 1 is 0.439 bits per heavy atom. The van der Waals surface area contributed by atoms with E-state index in [9.17, 15) is 19.8 Å². The zero-order valence-electron chi connectivity index (χ0n) is 38.8. The summed E-state index contributed by atoms with van der Waals surface area (Å²) in [5, 5.41) is 23.7. The van der Waals surface area contributed by atoms with Crippen molar-refractivity contribution in [1.82, 2.24) is 5.32 Å². The Bertz CT molecular complexity index is 821. The van der Waals surface area contributed by atoms with Gasteiger partial charge in [-0.15, -0.1) is 0 Å². The Kier molecular flexibility index (Phi) is 45.0. The first-order chi connectivity index (χ1) is 28.0. The normalized spacial score (nSPS) is 13.1. The van der Waals surface area contributed by atoms with Crippen LogP contribution in [0.1, 0.15) is 290 Å². The molecule has 6 heteroatoms. The Labute approximate surface area is 356 Å². The van der Waals surface area contributed by atoms with Crippen molar-refractivity contribution in [2.75, 3.05) is 6.61 Å². The van der Waals surface area contributed by atoms with Gasteiger partial charge in [-0.05, 0) is 25.7 Å². The molecule has 0 aliphatic heterocycles. The highest BCUT2D eigenvalue weighted by atomic mass is 16.5. The highest BCUT2D eigenvalue weighted by Gasteiger charge is 2.24. The molecule has 1 amide bonds. The number of amides is 1. The molecule has 0 aromatic heterocycles. The van der Waals surface area contributed by atoms with Gasteiger partial charge in [-0.25, -0.2) is 0 Å². The molecule has 0 radical (unpaired) electrons. The highest BCUT2D eigenvalue weighted by Crippen LogP contribution is 2.19. The molecule has 0 aromatic carbocycles. The average Bonchev–Trinajstić information content (AvgIpc) is 3.20. The molecule has 0 aliphatic carbocycles. The van der Waals surface area contributed by atoms with E-state index >= 15 is 0 Å². The van der Waals surface area contributed by atoms with E-state index in [-0.39, 0.29) is 24.9 Å². The van der Waals surface area contributed by atoms with Crippen molar-refractivity contribution in [2.24, 2.45) is 0 Å². The first-order valence-corrected chi connectivity index (χ1v) is 25.8. The zero-order chi connectivity index (χ0) is 41.7. The molecule has 0 bridgehead atoms. The van der Waals surface area contributed by atoms with Crippen molar-refractivity contribution in [1.29, 1.82) is 0 Å². The van der Waals surface area contributed by atoms with E-state index in [1.54, 1.807) is 0 Å². The second kappa shape index (κ2) is 45.9. The van der Waals surface area contributed by atoms with Crippen LogP contribution in [0.25, 0.3) is 0 Å². The van der Waals surface area contributed by atoms with Crippen LogP contribution in [0.2, 0.25) is 0 Å². The van der Waals surface area contributed by atoms with Crippen LogP contribution in [0.4, 0.5) is 0 Å². The van der Waals surface area contributed by atoms with Crippen LogP contribution in [-0.4, -0.2) is 46.9 Å². The number of aliphatic hydroxyl groups is 2. The molecule has 0 fully saturated rings. The highest BCUT2D eigenvalue weighted by molar-refractivity contribution is 5.77. The summed E-state index contributed by atoms with van der Waals surface area (Å²) in [6, 6.07) is -0.691. The molecule has 0 rings (SSSR count). The smallest absolute Gasteiger partial charge is 0.306 e. The van der Waals surface area contributed by atoms with Crippen molar-refractivity contribution in [2.45, 2.75) is 309 Å². The molecule has 340 valence electrons. The van der Waals surface area contributed by atoms with Gasteiger partial charge in [-0.2, -0.15) is 0 Å². The van der Waals surface area contributed by atoms with Gasteiger partial charge < -0.3 is 20.3 Å². The summed E-state index contributed by atoms with van der Waals surface area (Å²) in [5.74, 6) is -0.453. The van der Waals surface area contributed by atoms with Crippen molar-refractivity contribution >= 4 is 11.9 Å². The Balaban J connectivity index is 4.50. The maximum Gasteiger partial charge on any atom is 0.306 e. The number of hydrogen-bond acceptors (Lipinski definition) is 5. The zero-order valence-corrected chi connectivity index (χ0v) is 38.8. The minimum absolute atomic E-state index is 0.0876. The van der Waals surface area contributed by atoms with E-state index in [2.05, 4.69) is 26.1 Å². The number of ether oxygens (including phenoxy) is 1. The maximum absolute atomic E-state index is 13.2. The predicted octanol–water partition coefficient (Wildman–Crippen LogP) is 15.2. The number of esters is 1. The maximum atomic E-state index is 13.2. The number of rotatable bonds is 47. The van der Waals surface area contributed by atoms with Crippen LogP contribution < -0.4 is 5.32 Å². The van der Waals surface area contributed by atoms with Crippen LogP contribution in [0.15, 0.2) is 0 Å². The number of hydrogen-bond donors (Lipinski definition) is 3. The predicted molar refractivity (Wildman–Crippen MR) is 246 cm³/mol. The summed E-state index contributed by atoms with van der Waals surface area (Å²) < 4.78 is 5.93. The van der Waals surface area contributed by atoms with Crippen molar-refractivity contribution in [3.63, 3.8) is 0 Å². The van der Waals surface area contributed by atoms with E-state index in [0.717, 1.165) is 44.9 Å². The van der Waals surface area contributed by atoms with E-state index < -0.39 is 18.2 Å². The third kappa shape index (κ3) is 41.4. The lowest BCUT2D eigenvalue weighted by Crippen LogP contribution is -2.46. The fourth-order valence-corrected chi connectivity index (χ4v) is 8.26. The summed E-state index contributed by atoms with van der Waals surface area (Å²) in [6.45, 7) is 6.49. The van der Waals surface area contributed by atoms with Crippen molar-refractivity contribution in [3.8, 4) is 0 Å². The third-order valence-corrected chi connectivity index (χ3v) is 12.2. The fourth-order valence-electron chi connectivity index (χ4n) is 8.26. The largest absolute Gasteiger partial charge is 0.462 e. The summed E-state index contributed by atoms with van der Waals surface area (Å²) in [6.07, 6.45) is 48.8. The average molecular weight is 808 g/mol. The van der Waals surface area contributed by atoms with Crippen LogP contribution >= 0.6 is 0 Å². The number of nitrogens with one attached hydrogen (secondary N) is 1. The van der Waals surface area contributed by atoms with E-state index in [4.69, 9.17) is 4.74 Å². The molecular weight excluding hydrogens is 707 g/mol. The first-order valence-electron chi connectivity index (χ1n) is 25.8. The van der Waals surface area contributed by atoms with Gasteiger partial charge in [0.05, 0.1) is 25.2 Å². The lowest BCUT2D eigenvalue weighted by molar-refractivity contribution is -0.151. The molecule has 3 unspecified atom stereocenters. The monoisotopic (exact) mass is 808 g/mol. The summed E-state index contributed by atoms with van der Waals surface area (Å²) in [5.41, 5.74) is 0. The molecule has 0 saturated carbocycles. The van der Waals surface area contributed by atoms with Crippen molar-refractivity contribution in [3.05, 3.63) is 0 Å². The third-order valence-electron chi connectivity index (χ3n) is 12.2. The second-order valence-corrected chi connectivity index (χ2v) is 17.9. The number of aliphatic hydroxyl groups excluding tert-OH is 2. The SMILES string of the molecule is CCCCCCCCCCCCCCCCCCCC(CC(=O)NC(CO)C(O)CCCCCCCCCCCC)OC(=O)CCCCCCCCCCCCC. The van der Waals surface area contributed by atoms with Gasteiger partial charge >= 0.3 is 5.97 Å². The Morgan fingerprint density at radius 3 is 1.07 bits per heavy atom. The molecule has 0 aromatic rings. The molecule has 57 heavy (non-hydrogen) atoms. The summed E-state index contributed by atoms with van der Waals surface area (Å²) >= 11 is 0. The molecule has 6 nitrogen and oxygen atoms in total. The van der Waals surface area contributed by atoms with E-state index in [1.807, 2.05) is 0 Å². The second-order valence-electron chi connectivity index (χ2n) is 17.9. The Morgan fingerprint density at radius 2 is 0.737 bits per heavy atom. The number of carbonyl (C=O) groups excluding carboxylic acids is 2. The van der Waals surface area contributed by atoms with Crippen LogP contribution in [0, 0.1) is 0 Å². The van der Waals surface area contributed by atoms with E-state index in [0.29, 0.717) is 19.3 Å². The quantitative estimate of drug-likeness (QED) is 0.0420. The lowest BCUT2D eigenvalue weighted by Gasteiger charge is -2.24. The van der Waals surface area contributed by atoms with Gasteiger partial charge in [-0.1, -0.05) is 252 Å². The molecule has 0 saturated heterocycles. The summed E-state index contributed by atoms with van der Waals surface area (Å²) in [7, 11) is 0. The topological polar surface area (TPSA) is 95.9 Å². The molecule has 3 N–H and O–H groups in total. The van der Waals surface area contributed by atoms with Crippen LogP contribution in [-0.2, 0) is 14.3 Å². The minimum atomic E-state index is -0.778. The molecule has 0 spiro atoms. The summed E-state index contributed by atoms with van der Waals surface area (Å²) in [4.78, 5) is 26.1. The van der Waals surface area contributed by atoms with Gasteiger partial charge in [0.2, 0.25) is 5.91 Å². The molecular formula is C51H101NO5. The standard InChI is InChI=1S/C51H101NO5/c1-4-7-10-13-16-19-22-23-24-25-26-27-29-30-33-36-39-42-47(57-51(56)44-41-38-35-32-28-20-17-14-11-8-5-2)45-50(55)52-48(46-53)49(54)43-40-37-34-31-21-18-15-12-9-6-3/h47-49,53-54H,4-46H2,1-3H3,(H,52,55). The van der Waals surface area contributed by atoms with Crippen LogP contribution in [0.3, 0.4) is 0 Å². The fraction of sp³-hybridized carbons (Fsp3) is 0.961. The van der Waals surface area contributed by atoms with Gasteiger partial charge in [0.1, 0.15) is 6.10 Å². The van der Waals surface area contributed by atoms with Crippen molar-refractivity contribution < 1.29 is 24.5 Å². The first kappa shape index (κ1) is 55.9. The Hall–Kier alpha value is -1.14. The molecule has 3 atom stereocenters. The molecule has 0 aliphatic rings. The number of unbranched alkanes of at least 4 members (excludes halogenated alkanes) is 35. The van der Waals surface area contributed by atoms with Gasteiger partial charge in [0.25, 0.3) is 0 Å². The van der Waals surface area contributed by atoms with Crippen LogP contribution in [0.5, 0.6) is 0 Å². The van der Waals surface area contributed by atoms with Gasteiger partial charge in [-0.3, -0.25) is 9.59 Å². The van der Waals surface area contributed by atoms with Gasteiger partial charge in [0.15, 0.2) is 0 Å². The number of carbonyl (C=O) groups is 2. The van der Waals surface area contributed by atoms with E-state index in [1.165, 1.54) is 199 Å².